The van der Waals surface area contributed by atoms with Crippen molar-refractivity contribution in [1.82, 2.24) is 19.7 Å². The molecular formula is C21H18ClN5O2S2. The number of carbonyl (C=O) groups excluding carboxylic acids is 1. The average Bonchev–Trinajstić information content (AvgIpc) is 3.39. The highest BCUT2D eigenvalue weighted by atomic mass is 35.5. The molecule has 0 saturated heterocycles. The lowest BCUT2D eigenvalue weighted by Gasteiger charge is -2.11. The number of anilines is 1. The van der Waals surface area contributed by atoms with E-state index in [9.17, 15) is 4.79 Å². The Labute approximate surface area is 192 Å². The Morgan fingerprint density at radius 3 is 2.55 bits per heavy atom. The highest BCUT2D eigenvalue weighted by molar-refractivity contribution is 7.99. The van der Waals surface area contributed by atoms with Crippen LogP contribution in [0.2, 0.25) is 5.02 Å². The summed E-state index contributed by atoms with van der Waals surface area (Å²) in [6.45, 7) is 1.89. The number of nitrogens with one attached hydrogen (secondary N) is 1. The summed E-state index contributed by atoms with van der Waals surface area (Å²) in [5.74, 6) is 1.42. The van der Waals surface area contributed by atoms with Crippen LogP contribution in [-0.4, -0.2) is 38.5 Å². The summed E-state index contributed by atoms with van der Waals surface area (Å²) in [6, 6.07) is 15.0. The third kappa shape index (κ3) is 5.07. The summed E-state index contributed by atoms with van der Waals surface area (Å²) in [6.07, 6.45) is 0. The fourth-order valence-corrected chi connectivity index (χ4v) is 4.39. The quantitative estimate of drug-likeness (QED) is 0.378. The number of halogens is 1. The number of rotatable bonds is 7. The number of aryl methyl sites for hydroxylation is 1. The first kappa shape index (κ1) is 21.4. The normalized spacial score (nSPS) is 10.8. The van der Waals surface area contributed by atoms with Gasteiger partial charge in [-0.1, -0.05) is 23.4 Å². The zero-order valence-corrected chi connectivity index (χ0v) is 19.1. The van der Waals surface area contributed by atoms with Gasteiger partial charge in [-0.05, 0) is 55.5 Å². The Balaban J connectivity index is 1.61. The monoisotopic (exact) mass is 471 g/mol. The zero-order valence-electron chi connectivity index (χ0n) is 16.7. The smallest absolute Gasteiger partial charge is 0.236 e. The first-order valence-corrected chi connectivity index (χ1v) is 11.5. The molecule has 0 bridgehead atoms. The number of carbonyl (C=O) groups is 1. The number of methoxy groups -OCH3 is 1. The number of nitrogens with zero attached hydrogens (tertiary/aromatic N) is 4. The van der Waals surface area contributed by atoms with Crippen LogP contribution in [-0.2, 0) is 4.79 Å². The van der Waals surface area contributed by atoms with Gasteiger partial charge in [-0.25, -0.2) is 4.98 Å². The van der Waals surface area contributed by atoms with E-state index in [-0.39, 0.29) is 11.7 Å². The summed E-state index contributed by atoms with van der Waals surface area (Å²) in [5.41, 5.74) is 2.59. The van der Waals surface area contributed by atoms with E-state index in [1.165, 1.54) is 23.1 Å². The summed E-state index contributed by atoms with van der Waals surface area (Å²) in [7, 11) is 1.62. The fourth-order valence-electron chi connectivity index (χ4n) is 2.81. The standard InChI is InChI=1S/C21H18ClN5O2S2/c1-13-11-30-20(23-13)24-18(28)12-31-21-26-25-19(14-3-5-15(22)6-4-14)27(21)16-7-9-17(29-2)10-8-16/h3-11H,12H2,1-2H3,(H,23,24,28). The summed E-state index contributed by atoms with van der Waals surface area (Å²) >= 11 is 8.74. The van der Waals surface area contributed by atoms with Crippen LogP contribution in [0, 0.1) is 6.92 Å². The second kappa shape index (κ2) is 9.51. The number of hydrogen-bond acceptors (Lipinski definition) is 7. The van der Waals surface area contributed by atoms with Crippen LogP contribution in [0.1, 0.15) is 5.69 Å². The third-order valence-electron chi connectivity index (χ3n) is 4.26. The molecule has 0 unspecified atom stereocenters. The highest BCUT2D eigenvalue weighted by Crippen LogP contribution is 2.29. The van der Waals surface area contributed by atoms with E-state index >= 15 is 0 Å². The highest BCUT2D eigenvalue weighted by Gasteiger charge is 2.18. The molecule has 7 nitrogen and oxygen atoms in total. The molecule has 2 aromatic heterocycles. The fraction of sp³-hybridized carbons (Fsp3) is 0.143. The molecule has 0 fully saturated rings. The van der Waals surface area contributed by atoms with Crippen LogP contribution in [0.15, 0.2) is 59.1 Å². The summed E-state index contributed by atoms with van der Waals surface area (Å²) in [4.78, 5) is 16.6. The molecular weight excluding hydrogens is 454 g/mol. The van der Waals surface area contributed by atoms with Gasteiger partial charge in [0.1, 0.15) is 5.75 Å². The van der Waals surface area contributed by atoms with E-state index in [0.717, 1.165) is 22.7 Å². The van der Waals surface area contributed by atoms with Gasteiger partial charge < -0.3 is 10.1 Å². The molecule has 0 aliphatic rings. The Morgan fingerprint density at radius 2 is 1.90 bits per heavy atom. The van der Waals surface area contributed by atoms with Crippen molar-refractivity contribution in [2.45, 2.75) is 12.1 Å². The predicted octanol–water partition coefficient (Wildman–Crippen LogP) is 5.09. The van der Waals surface area contributed by atoms with Crippen molar-refractivity contribution in [3.8, 4) is 22.8 Å². The minimum Gasteiger partial charge on any atom is -0.497 e. The summed E-state index contributed by atoms with van der Waals surface area (Å²) < 4.78 is 7.17. The van der Waals surface area contributed by atoms with Gasteiger partial charge in [0.25, 0.3) is 0 Å². The van der Waals surface area contributed by atoms with E-state index in [1.54, 1.807) is 19.2 Å². The van der Waals surface area contributed by atoms with Crippen molar-refractivity contribution in [2.24, 2.45) is 0 Å². The topological polar surface area (TPSA) is 81.9 Å². The van der Waals surface area contributed by atoms with Crippen LogP contribution in [0.5, 0.6) is 5.75 Å². The Morgan fingerprint density at radius 1 is 1.16 bits per heavy atom. The molecule has 4 rings (SSSR count). The van der Waals surface area contributed by atoms with E-state index in [1.807, 2.05) is 53.3 Å². The maximum Gasteiger partial charge on any atom is 0.236 e. The number of thiazole rings is 1. The zero-order chi connectivity index (χ0) is 21.8. The van der Waals surface area contributed by atoms with Crippen LogP contribution < -0.4 is 10.1 Å². The van der Waals surface area contributed by atoms with Crippen molar-refractivity contribution in [3.63, 3.8) is 0 Å². The van der Waals surface area contributed by atoms with Crippen LogP contribution in [0.3, 0.4) is 0 Å². The van der Waals surface area contributed by atoms with Gasteiger partial charge in [0.2, 0.25) is 5.91 Å². The van der Waals surface area contributed by atoms with Crippen molar-refractivity contribution >= 4 is 45.7 Å². The largest absolute Gasteiger partial charge is 0.497 e. The van der Waals surface area contributed by atoms with Gasteiger partial charge in [-0.15, -0.1) is 21.5 Å². The molecule has 0 saturated carbocycles. The number of hydrogen-bond donors (Lipinski definition) is 1. The van der Waals surface area contributed by atoms with Crippen molar-refractivity contribution in [1.29, 1.82) is 0 Å². The molecule has 10 heteroatoms. The Hall–Kier alpha value is -2.88. The maximum absolute atomic E-state index is 12.4. The van der Waals surface area contributed by atoms with E-state index in [4.69, 9.17) is 16.3 Å². The molecule has 0 spiro atoms. The van der Waals surface area contributed by atoms with E-state index < -0.39 is 0 Å². The van der Waals surface area contributed by atoms with Crippen LogP contribution >= 0.6 is 34.7 Å². The first-order chi connectivity index (χ1) is 15.0. The number of thioether (sulfide) groups is 1. The molecule has 4 aromatic rings. The maximum atomic E-state index is 12.4. The number of ether oxygens (including phenoxy) is 1. The minimum atomic E-state index is -0.156. The van der Waals surface area contributed by atoms with Crippen LogP contribution in [0.4, 0.5) is 5.13 Å². The molecule has 0 aliphatic carbocycles. The van der Waals surface area contributed by atoms with Crippen molar-refractivity contribution in [3.05, 3.63) is 64.6 Å². The molecule has 1 amide bonds. The predicted molar refractivity (Wildman–Crippen MR) is 125 cm³/mol. The Kier molecular flexibility index (Phi) is 6.55. The minimum absolute atomic E-state index is 0.156. The Bertz CT molecular complexity index is 1190. The molecule has 31 heavy (non-hydrogen) atoms. The number of amides is 1. The van der Waals surface area contributed by atoms with Crippen molar-refractivity contribution < 1.29 is 9.53 Å². The molecule has 158 valence electrons. The summed E-state index contributed by atoms with van der Waals surface area (Å²) in [5, 5.41) is 15.2. The number of benzene rings is 2. The van der Waals surface area contributed by atoms with Gasteiger partial charge in [-0.2, -0.15) is 0 Å². The van der Waals surface area contributed by atoms with Gasteiger partial charge in [0, 0.05) is 21.7 Å². The van der Waals surface area contributed by atoms with E-state index in [2.05, 4.69) is 20.5 Å². The molecule has 2 aromatic carbocycles. The molecule has 0 aliphatic heterocycles. The lowest BCUT2D eigenvalue weighted by atomic mass is 10.2. The number of aromatic nitrogens is 4. The van der Waals surface area contributed by atoms with Gasteiger partial charge in [0.15, 0.2) is 16.1 Å². The van der Waals surface area contributed by atoms with Crippen molar-refractivity contribution in [2.75, 3.05) is 18.2 Å². The third-order valence-corrected chi connectivity index (χ3v) is 6.32. The van der Waals surface area contributed by atoms with Gasteiger partial charge in [0.05, 0.1) is 18.6 Å². The van der Waals surface area contributed by atoms with Gasteiger partial charge in [-0.3, -0.25) is 9.36 Å². The van der Waals surface area contributed by atoms with Gasteiger partial charge >= 0.3 is 0 Å². The first-order valence-electron chi connectivity index (χ1n) is 9.24. The van der Waals surface area contributed by atoms with E-state index in [0.29, 0.717) is 21.1 Å². The lowest BCUT2D eigenvalue weighted by molar-refractivity contribution is -0.113. The second-order valence-electron chi connectivity index (χ2n) is 6.48. The molecule has 2 heterocycles. The second-order valence-corrected chi connectivity index (χ2v) is 8.71. The van der Waals surface area contributed by atoms with Crippen LogP contribution in [0.25, 0.3) is 17.1 Å². The molecule has 0 radical (unpaired) electrons. The SMILES string of the molecule is COc1ccc(-n2c(SCC(=O)Nc3nc(C)cs3)nnc2-c2ccc(Cl)cc2)cc1. The lowest BCUT2D eigenvalue weighted by Crippen LogP contribution is -2.14. The molecule has 1 N–H and O–H groups in total. The average molecular weight is 472 g/mol. The molecule has 0 atom stereocenters.